The zero-order valence-electron chi connectivity index (χ0n) is 9.53. The van der Waals surface area contributed by atoms with Crippen LogP contribution in [0.3, 0.4) is 0 Å². The van der Waals surface area contributed by atoms with E-state index in [-0.39, 0.29) is 5.91 Å². The second kappa shape index (κ2) is 8.17. The summed E-state index contributed by atoms with van der Waals surface area (Å²) in [5, 5.41) is 0. The number of hydrogen-bond acceptors (Lipinski definition) is 3. The number of hydrogen-bond donors (Lipinski definition) is 1. The molecule has 15 heavy (non-hydrogen) atoms. The topological polar surface area (TPSA) is 38.3 Å². The number of ether oxygens (including phenoxy) is 1. The first-order valence-corrected chi connectivity index (χ1v) is 5.61. The zero-order chi connectivity index (χ0) is 11.7. The molecule has 0 spiro atoms. The summed E-state index contributed by atoms with van der Waals surface area (Å²) in [6, 6.07) is 7.48. The Morgan fingerprint density at radius 3 is 2.20 bits per heavy atom. The van der Waals surface area contributed by atoms with E-state index >= 15 is 0 Å². The summed E-state index contributed by atoms with van der Waals surface area (Å²) >= 11 is 1.29. The number of benzene rings is 1. The Hall–Kier alpha value is -1.16. The number of carbonyl (C=O) groups excluding carboxylic acids is 1. The second-order valence-electron chi connectivity index (χ2n) is 2.44. The highest BCUT2D eigenvalue weighted by Crippen LogP contribution is 2.18. The fourth-order valence-electron chi connectivity index (χ4n) is 0.775. The van der Waals surface area contributed by atoms with Crippen LogP contribution in [-0.2, 0) is 4.79 Å². The maximum atomic E-state index is 10.6. The molecule has 84 valence electrons. The fourth-order valence-corrected chi connectivity index (χ4v) is 1.31. The van der Waals surface area contributed by atoms with E-state index in [9.17, 15) is 4.79 Å². The normalized spacial score (nSPS) is 8.53. The summed E-state index contributed by atoms with van der Waals surface area (Å²) in [4.78, 5) is 11.6. The lowest BCUT2D eigenvalue weighted by atomic mass is 10.3. The molecule has 1 amide bonds. The van der Waals surface area contributed by atoms with Crippen LogP contribution in [0.2, 0.25) is 0 Å². The first kappa shape index (κ1) is 13.8. The molecule has 0 unspecified atom stereocenters. The second-order valence-corrected chi connectivity index (χ2v) is 3.32. The van der Waals surface area contributed by atoms with Crippen LogP contribution in [0.4, 0.5) is 0 Å². The summed E-state index contributed by atoms with van der Waals surface area (Å²) in [5.41, 5.74) is 0. The van der Waals surface area contributed by atoms with Gasteiger partial charge in [-0.15, -0.1) is 0 Å². The van der Waals surface area contributed by atoms with Crippen LogP contribution < -0.4 is 9.46 Å². The van der Waals surface area contributed by atoms with Gasteiger partial charge in [-0.25, -0.2) is 0 Å². The van der Waals surface area contributed by atoms with Gasteiger partial charge in [-0.2, -0.15) is 0 Å². The summed E-state index contributed by atoms with van der Waals surface area (Å²) in [6.07, 6.45) is 0. The van der Waals surface area contributed by atoms with E-state index in [4.69, 9.17) is 4.74 Å². The first-order chi connectivity index (χ1) is 7.22. The van der Waals surface area contributed by atoms with Gasteiger partial charge < -0.3 is 4.74 Å². The van der Waals surface area contributed by atoms with Gasteiger partial charge in [-0.05, 0) is 36.2 Å². The number of rotatable bonds is 3. The van der Waals surface area contributed by atoms with Gasteiger partial charge in [-0.1, -0.05) is 13.8 Å². The highest BCUT2D eigenvalue weighted by Gasteiger charge is 1.95. The van der Waals surface area contributed by atoms with Crippen molar-refractivity contribution in [1.82, 2.24) is 4.72 Å². The van der Waals surface area contributed by atoms with Gasteiger partial charge in [0.15, 0.2) is 0 Å². The molecular formula is C11H17NO2S. The Morgan fingerprint density at radius 2 is 1.80 bits per heavy atom. The predicted octanol–water partition coefficient (Wildman–Crippen LogP) is 2.86. The van der Waals surface area contributed by atoms with Gasteiger partial charge in [0.2, 0.25) is 5.91 Å². The number of nitrogens with one attached hydrogen (secondary N) is 1. The molecule has 0 bridgehead atoms. The third-order valence-corrected chi connectivity index (χ3v) is 2.27. The van der Waals surface area contributed by atoms with Gasteiger partial charge in [-0.3, -0.25) is 9.52 Å². The third kappa shape index (κ3) is 6.01. The molecule has 3 nitrogen and oxygen atoms in total. The van der Waals surface area contributed by atoms with Gasteiger partial charge in [0.1, 0.15) is 5.75 Å². The molecule has 1 N–H and O–H groups in total. The smallest absolute Gasteiger partial charge is 0.226 e. The van der Waals surface area contributed by atoms with E-state index in [0.717, 1.165) is 10.6 Å². The Labute approximate surface area is 95.3 Å². The van der Waals surface area contributed by atoms with Crippen LogP contribution in [-0.4, -0.2) is 13.0 Å². The van der Waals surface area contributed by atoms with Crippen molar-refractivity contribution in [1.29, 1.82) is 0 Å². The lowest BCUT2D eigenvalue weighted by Crippen LogP contribution is -2.09. The maximum absolute atomic E-state index is 10.6. The number of carbonyl (C=O) groups is 1. The SMILES string of the molecule is CC.COc1ccc(SNC(C)=O)cc1. The van der Waals surface area contributed by atoms with Crippen molar-refractivity contribution >= 4 is 17.9 Å². The van der Waals surface area contributed by atoms with Crippen molar-refractivity contribution in [3.8, 4) is 5.75 Å². The van der Waals surface area contributed by atoms with Gasteiger partial charge in [0.05, 0.1) is 7.11 Å². The quantitative estimate of drug-likeness (QED) is 0.807. The minimum atomic E-state index is -0.0548. The maximum Gasteiger partial charge on any atom is 0.226 e. The van der Waals surface area contributed by atoms with Crippen LogP contribution in [0.1, 0.15) is 20.8 Å². The van der Waals surface area contributed by atoms with E-state index in [2.05, 4.69) is 4.72 Å². The predicted molar refractivity (Wildman–Crippen MR) is 64.0 cm³/mol. The minimum Gasteiger partial charge on any atom is -0.497 e. The van der Waals surface area contributed by atoms with Crippen molar-refractivity contribution in [2.75, 3.05) is 7.11 Å². The average Bonchev–Trinajstić information content (AvgIpc) is 2.30. The van der Waals surface area contributed by atoms with E-state index in [1.807, 2.05) is 38.1 Å². The van der Waals surface area contributed by atoms with Crippen molar-refractivity contribution in [3.63, 3.8) is 0 Å². The Morgan fingerprint density at radius 1 is 1.27 bits per heavy atom. The zero-order valence-corrected chi connectivity index (χ0v) is 10.4. The Balaban J connectivity index is 0.000000921. The van der Waals surface area contributed by atoms with E-state index in [1.54, 1.807) is 7.11 Å². The molecule has 0 heterocycles. The number of methoxy groups -OCH3 is 1. The van der Waals surface area contributed by atoms with Crippen molar-refractivity contribution in [2.24, 2.45) is 0 Å². The molecule has 0 atom stereocenters. The molecule has 4 heteroatoms. The molecular weight excluding hydrogens is 210 g/mol. The molecule has 0 aliphatic heterocycles. The van der Waals surface area contributed by atoms with Crippen molar-refractivity contribution in [2.45, 2.75) is 25.7 Å². The molecule has 0 saturated carbocycles. The highest BCUT2D eigenvalue weighted by atomic mass is 32.2. The molecule has 0 aliphatic carbocycles. The Bertz CT molecular complexity index is 285. The molecule has 0 aliphatic rings. The fraction of sp³-hybridized carbons (Fsp3) is 0.364. The molecule has 1 aromatic carbocycles. The van der Waals surface area contributed by atoms with Crippen molar-refractivity contribution < 1.29 is 9.53 Å². The van der Waals surface area contributed by atoms with E-state index in [0.29, 0.717) is 0 Å². The van der Waals surface area contributed by atoms with Gasteiger partial charge in [0, 0.05) is 11.8 Å². The van der Waals surface area contributed by atoms with Crippen LogP contribution in [0.15, 0.2) is 29.2 Å². The summed E-state index contributed by atoms with van der Waals surface area (Å²) in [6.45, 7) is 5.48. The Kier molecular flexibility index (Phi) is 7.54. The average molecular weight is 227 g/mol. The largest absolute Gasteiger partial charge is 0.497 e. The van der Waals surface area contributed by atoms with Crippen LogP contribution >= 0.6 is 11.9 Å². The summed E-state index contributed by atoms with van der Waals surface area (Å²) < 4.78 is 7.63. The molecule has 0 saturated heterocycles. The van der Waals surface area contributed by atoms with E-state index in [1.165, 1.54) is 18.9 Å². The molecule has 0 aromatic heterocycles. The highest BCUT2D eigenvalue weighted by molar-refractivity contribution is 7.98. The van der Waals surface area contributed by atoms with Gasteiger partial charge >= 0.3 is 0 Å². The van der Waals surface area contributed by atoms with Crippen LogP contribution in [0, 0.1) is 0 Å². The number of amides is 1. The monoisotopic (exact) mass is 227 g/mol. The minimum absolute atomic E-state index is 0.0548. The summed E-state index contributed by atoms with van der Waals surface area (Å²) in [7, 11) is 1.62. The standard InChI is InChI=1S/C9H11NO2S.C2H6/c1-7(11)10-13-9-5-3-8(12-2)4-6-9;1-2/h3-6H,1-2H3,(H,10,11);1-2H3. The third-order valence-electron chi connectivity index (χ3n) is 1.37. The van der Waals surface area contributed by atoms with Gasteiger partial charge in [0.25, 0.3) is 0 Å². The molecule has 1 rings (SSSR count). The first-order valence-electron chi connectivity index (χ1n) is 4.80. The van der Waals surface area contributed by atoms with E-state index < -0.39 is 0 Å². The van der Waals surface area contributed by atoms with Crippen molar-refractivity contribution in [3.05, 3.63) is 24.3 Å². The summed E-state index contributed by atoms with van der Waals surface area (Å²) in [5.74, 6) is 0.757. The molecule has 0 fully saturated rings. The van der Waals surface area contributed by atoms with Crippen LogP contribution in [0.25, 0.3) is 0 Å². The van der Waals surface area contributed by atoms with Crippen LogP contribution in [0.5, 0.6) is 5.75 Å². The lowest BCUT2D eigenvalue weighted by Gasteiger charge is -2.02. The molecule has 0 radical (unpaired) electrons. The molecule has 1 aromatic rings. The lowest BCUT2D eigenvalue weighted by molar-refractivity contribution is -0.117.